The summed E-state index contributed by atoms with van der Waals surface area (Å²) in [5.41, 5.74) is 2.57. The number of alkyl halides is 3. The zero-order valence-corrected chi connectivity index (χ0v) is 21.8. The Bertz CT molecular complexity index is 1210. The molecule has 37 heavy (non-hydrogen) atoms. The topological polar surface area (TPSA) is 78.5 Å². The van der Waals surface area contributed by atoms with Crippen LogP contribution < -0.4 is 10.0 Å². The third-order valence-electron chi connectivity index (χ3n) is 7.03. The van der Waals surface area contributed by atoms with Crippen molar-refractivity contribution in [3.8, 4) is 0 Å². The van der Waals surface area contributed by atoms with Crippen molar-refractivity contribution < 1.29 is 26.4 Å². The molecule has 0 aromatic heterocycles. The summed E-state index contributed by atoms with van der Waals surface area (Å²) in [6.07, 6.45) is 1.72. The van der Waals surface area contributed by atoms with Crippen LogP contribution in [-0.2, 0) is 34.0 Å². The largest absolute Gasteiger partial charge is 0.416 e. The second kappa shape index (κ2) is 11.5. The predicted molar refractivity (Wildman–Crippen MR) is 135 cm³/mol. The maximum atomic E-state index is 13.0. The molecule has 2 aromatic carbocycles. The lowest BCUT2D eigenvalue weighted by atomic mass is 9.86. The molecule has 0 bridgehead atoms. The van der Waals surface area contributed by atoms with E-state index in [1.165, 1.54) is 37.3 Å². The third-order valence-corrected chi connectivity index (χ3v) is 8.62. The van der Waals surface area contributed by atoms with Crippen molar-refractivity contribution in [2.24, 2.45) is 0 Å². The van der Waals surface area contributed by atoms with Crippen LogP contribution in [0.3, 0.4) is 0 Å². The molecule has 0 saturated carbocycles. The molecule has 202 valence electrons. The van der Waals surface area contributed by atoms with E-state index in [2.05, 4.69) is 33.1 Å². The summed E-state index contributed by atoms with van der Waals surface area (Å²) in [6.45, 7) is 4.72. The van der Waals surface area contributed by atoms with E-state index in [-0.39, 0.29) is 18.4 Å². The number of benzene rings is 2. The molecular weight excluding hydrogens is 503 g/mol. The predicted octanol–water partition coefficient (Wildman–Crippen LogP) is 4.94. The fourth-order valence-corrected chi connectivity index (χ4v) is 6.53. The van der Waals surface area contributed by atoms with E-state index < -0.39 is 32.7 Å². The summed E-state index contributed by atoms with van der Waals surface area (Å²) in [4.78, 5) is 14.8. The number of carbonyl (C=O) groups excluding carboxylic acids is 1. The van der Waals surface area contributed by atoms with Crippen molar-refractivity contribution in [3.63, 3.8) is 0 Å². The van der Waals surface area contributed by atoms with Crippen LogP contribution in [0, 0.1) is 0 Å². The first-order valence-corrected chi connectivity index (χ1v) is 14.3. The molecule has 6 nitrogen and oxygen atoms in total. The number of amides is 1. The Hall–Kier alpha value is -2.43. The maximum Gasteiger partial charge on any atom is 0.416 e. The first kappa shape index (κ1) is 27.6. The second-order valence-corrected chi connectivity index (χ2v) is 11.8. The number of halogens is 3. The van der Waals surface area contributed by atoms with Gasteiger partial charge < -0.3 is 5.32 Å². The Morgan fingerprint density at radius 2 is 1.84 bits per heavy atom. The van der Waals surface area contributed by atoms with Gasteiger partial charge in [-0.1, -0.05) is 30.7 Å². The number of hydrogen-bond donors (Lipinski definition) is 2. The molecule has 1 saturated heterocycles. The van der Waals surface area contributed by atoms with Gasteiger partial charge in [-0.05, 0) is 87.0 Å². The van der Waals surface area contributed by atoms with E-state index in [0.717, 1.165) is 62.7 Å². The van der Waals surface area contributed by atoms with Gasteiger partial charge in [-0.25, -0.2) is 13.1 Å². The number of piperidine rings is 1. The number of rotatable bonds is 8. The van der Waals surface area contributed by atoms with Gasteiger partial charge in [-0.2, -0.15) is 13.2 Å². The van der Waals surface area contributed by atoms with Crippen molar-refractivity contribution in [2.75, 3.05) is 13.1 Å². The van der Waals surface area contributed by atoms with Crippen molar-refractivity contribution in [3.05, 3.63) is 64.7 Å². The van der Waals surface area contributed by atoms with Gasteiger partial charge in [0.1, 0.15) is 0 Å². The van der Waals surface area contributed by atoms with Gasteiger partial charge in [-0.3, -0.25) is 9.69 Å². The third kappa shape index (κ3) is 7.33. The molecule has 0 unspecified atom stereocenters. The van der Waals surface area contributed by atoms with Gasteiger partial charge in [0.25, 0.3) is 0 Å². The van der Waals surface area contributed by atoms with Crippen LogP contribution in [0.4, 0.5) is 13.2 Å². The molecular formula is C27H34F3N3O3S. The number of fused-ring (bicyclic) bond motifs is 1. The van der Waals surface area contributed by atoms with E-state index in [1.807, 2.05) is 0 Å². The van der Waals surface area contributed by atoms with Crippen molar-refractivity contribution in [1.82, 2.24) is 14.9 Å². The zero-order valence-electron chi connectivity index (χ0n) is 21.0. The summed E-state index contributed by atoms with van der Waals surface area (Å²) >= 11 is 0. The van der Waals surface area contributed by atoms with E-state index >= 15 is 0 Å². The quantitative estimate of drug-likeness (QED) is 0.500. The van der Waals surface area contributed by atoms with Gasteiger partial charge in [0.2, 0.25) is 15.9 Å². The Balaban J connectivity index is 1.35. The molecule has 0 radical (unpaired) electrons. The fourth-order valence-electron chi connectivity index (χ4n) is 5.24. The molecule has 1 fully saturated rings. The molecule has 1 aliphatic carbocycles. The maximum absolute atomic E-state index is 13.0. The number of likely N-dealkylation sites (tertiary alicyclic amines) is 1. The van der Waals surface area contributed by atoms with Crippen LogP contribution in [0.2, 0.25) is 0 Å². The molecule has 2 atom stereocenters. The lowest BCUT2D eigenvalue weighted by Crippen LogP contribution is -2.39. The van der Waals surface area contributed by atoms with Gasteiger partial charge in [0.05, 0.1) is 16.5 Å². The molecule has 0 spiro atoms. The Morgan fingerprint density at radius 3 is 2.57 bits per heavy atom. The minimum atomic E-state index is -4.65. The van der Waals surface area contributed by atoms with E-state index in [9.17, 15) is 26.4 Å². The fraction of sp³-hybridized carbons (Fsp3) is 0.519. The molecule has 4 rings (SSSR count). The lowest BCUT2D eigenvalue weighted by molar-refractivity contribution is -0.137. The molecule has 1 heterocycles. The number of carbonyl (C=O) groups is 1. The van der Waals surface area contributed by atoms with Gasteiger partial charge >= 0.3 is 6.18 Å². The molecule has 2 aliphatic rings. The summed E-state index contributed by atoms with van der Waals surface area (Å²) in [5, 5.41) is 3.03. The van der Waals surface area contributed by atoms with Gasteiger partial charge in [0, 0.05) is 19.0 Å². The second-order valence-electron chi connectivity index (χ2n) is 10.1. The number of nitrogens with one attached hydrogen (secondary N) is 2. The van der Waals surface area contributed by atoms with E-state index in [0.29, 0.717) is 6.07 Å². The number of sulfonamides is 1. The lowest BCUT2D eigenvalue weighted by Gasteiger charge is -2.29. The standard InChI is InChI=1S/C27H34F3N3O3S/c1-19(32-37(35,36)23-9-6-8-22(17-23)27(28,29)30)15-26(34)31-25-10-5-7-21-16-20(11-12-24(21)25)18-33-13-3-2-4-14-33/h6,8-9,11-12,16-17,19,25,32H,2-5,7,10,13-15,18H2,1H3,(H,31,34)/t19-,25+/m0/s1. The monoisotopic (exact) mass is 537 g/mol. The number of hydrogen-bond acceptors (Lipinski definition) is 4. The van der Waals surface area contributed by atoms with Gasteiger partial charge in [0.15, 0.2) is 0 Å². The van der Waals surface area contributed by atoms with E-state index in [1.54, 1.807) is 0 Å². The highest BCUT2D eigenvalue weighted by Gasteiger charge is 2.32. The SMILES string of the molecule is C[C@@H](CC(=O)N[C@@H]1CCCc2cc(CN3CCCCC3)ccc21)NS(=O)(=O)c1cccc(C(F)(F)F)c1. The highest BCUT2D eigenvalue weighted by atomic mass is 32.2. The van der Waals surface area contributed by atoms with Crippen LogP contribution >= 0.6 is 0 Å². The van der Waals surface area contributed by atoms with Crippen LogP contribution in [0.25, 0.3) is 0 Å². The molecule has 2 aromatic rings. The van der Waals surface area contributed by atoms with Gasteiger partial charge in [-0.15, -0.1) is 0 Å². The van der Waals surface area contributed by atoms with Crippen LogP contribution in [0.15, 0.2) is 47.4 Å². The first-order valence-electron chi connectivity index (χ1n) is 12.8. The smallest absolute Gasteiger partial charge is 0.349 e. The van der Waals surface area contributed by atoms with Crippen LogP contribution in [-0.4, -0.2) is 38.4 Å². The zero-order chi connectivity index (χ0) is 26.6. The number of nitrogens with zero attached hydrogens (tertiary/aromatic N) is 1. The van der Waals surface area contributed by atoms with Crippen LogP contribution in [0.5, 0.6) is 0 Å². The summed E-state index contributed by atoms with van der Waals surface area (Å²) < 4.78 is 66.5. The minimum Gasteiger partial charge on any atom is -0.349 e. The van der Waals surface area contributed by atoms with E-state index in [4.69, 9.17) is 0 Å². The van der Waals surface area contributed by atoms with Crippen molar-refractivity contribution >= 4 is 15.9 Å². The summed E-state index contributed by atoms with van der Waals surface area (Å²) in [6, 6.07) is 9.08. The summed E-state index contributed by atoms with van der Waals surface area (Å²) in [5.74, 6) is -0.311. The Morgan fingerprint density at radius 1 is 1.08 bits per heavy atom. The molecule has 1 aliphatic heterocycles. The highest BCUT2D eigenvalue weighted by molar-refractivity contribution is 7.89. The normalized spacial score (nSPS) is 19.7. The summed E-state index contributed by atoms with van der Waals surface area (Å²) in [7, 11) is -4.22. The average Bonchev–Trinajstić information content (AvgIpc) is 2.84. The number of aryl methyl sites for hydroxylation is 1. The first-order chi connectivity index (χ1) is 17.5. The highest BCUT2D eigenvalue weighted by Crippen LogP contribution is 2.32. The Kier molecular flexibility index (Phi) is 8.60. The average molecular weight is 538 g/mol. The van der Waals surface area contributed by atoms with Crippen molar-refractivity contribution in [1.29, 1.82) is 0 Å². The molecule has 1 amide bonds. The van der Waals surface area contributed by atoms with Crippen LogP contribution in [0.1, 0.15) is 73.7 Å². The minimum absolute atomic E-state index is 0.128. The van der Waals surface area contributed by atoms with Crippen molar-refractivity contribution in [2.45, 2.75) is 81.6 Å². The molecule has 10 heteroatoms. The molecule has 2 N–H and O–H groups in total. The Labute approximate surface area is 216 Å².